The van der Waals surface area contributed by atoms with E-state index in [1.165, 1.54) is 0 Å². The number of aliphatic hydroxyl groups excluding tert-OH is 1. The number of carbonyl (C=O) groups excluding carboxylic acids is 1. The molecule has 0 heterocycles. The maximum Gasteiger partial charge on any atom is 0.326 e. The van der Waals surface area contributed by atoms with E-state index in [0.717, 1.165) is 0 Å². The Bertz CT molecular complexity index is 280. The number of carboxylic acids is 1. The Kier molecular flexibility index (Phi) is 6.76. The van der Waals surface area contributed by atoms with Gasteiger partial charge in [0.05, 0.1) is 6.54 Å². The van der Waals surface area contributed by atoms with Crippen molar-refractivity contribution in [1.82, 2.24) is 10.6 Å². The smallest absolute Gasteiger partial charge is 0.326 e. The van der Waals surface area contributed by atoms with Crippen molar-refractivity contribution < 1.29 is 19.8 Å². The van der Waals surface area contributed by atoms with Gasteiger partial charge in [0.1, 0.15) is 6.04 Å². The van der Waals surface area contributed by atoms with Gasteiger partial charge in [-0.25, -0.2) is 9.59 Å². The minimum absolute atomic E-state index is 0.0256. The van der Waals surface area contributed by atoms with E-state index >= 15 is 0 Å². The second-order valence-electron chi connectivity index (χ2n) is 2.66. The van der Waals surface area contributed by atoms with Crippen LogP contribution in [0.4, 0.5) is 4.79 Å². The third-order valence-corrected chi connectivity index (χ3v) is 1.54. The van der Waals surface area contributed by atoms with Gasteiger partial charge in [0, 0.05) is 13.0 Å². The Morgan fingerprint density at radius 2 is 2.13 bits per heavy atom. The molecule has 2 amide bonds. The first-order chi connectivity index (χ1) is 7.11. The lowest BCUT2D eigenvalue weighted by Gasteiger charge is -2.12. The van der Waals surface area contributed by atoms with Gasteiger partial charge in [-0.15, -0.1) is 5.92 Å². The summed E-state index contributed by atoms with van der Waals surface area (Å²) in [6.45, 7) is 1.49. The molecule has 1 atom stereocenters. The maximum absolute atomic E-state index is 11.1. The fraction of sp³-hybridized carbons (Fsp3) is 0.556. The molecular weight excluding hydrogens is 200 g/mol. The summed E-state index contributed by atoms with van der Waals surface area (Å²) in [5, 5.41) is 21.8. The van der Waals surface area contributed by atoms with Gasteiger partial charge in [0.15, 0.2) is 0 Å². The van der Waals surface area contributed by atoms with Crippen molar-refractivity contribution in [2.75, 3.05) is 13.2 Å². The van der Waals surface area contributed by atoms with Crippen molar-refractivity contribution in [3.05, 3.63) is 0 Å². The molecule has 0 aromatic heterocycles. The Morgan fingerprint density at radius 1 is 1.47 bits per heavy atom. The molecule has 0 saturated heterocycles. The Hall–Kier alpha value is -1.74. The molecule has 0 spiro atoms. The highest BCUT2D eigenvalue weighted by Crippen LogP contribution is 1.90. The summed E-state index contributed by atoms with van der Waals surface area (Å²) in [4.78, 5) is 21.6. The minimum Gasteiger partial charge on any atom is -0.480 e. The standard InChI is InChI=1S/C9H14N2O4/c1-2-3-5-10-9(15)11-7(4-6-12)8(13)14/h7,12H,4-6H2,1H3,(H,13,14)(H2,10,11,15). The average Bonchev–Trinajstić information content (AvgIpc) is 2.17. The summed E-state index contributed by atoms with van der Waals surface area (Å²) in [6.07, 6.45) is -0.0256. The molecule has 0 aliphatic heterocycles. The molecule has 1 unspecified atom stereocenters. The molecule has 0 aliphatic carbocycles. The van der Waals surface area contributed by atoms with Gasteiger partial charge in [0.25, 0.3) is 0 Å². The minimum atomic E-state index is -1.18. The van der Waals surface area contributed by atoms with Crippen LogP contribution < -0.4 is 10.6 Å². The van der Waals surface area contributed by atoms with Crippen molar-refractivity contribution >= 4 is 12.0 Å². The predicted octanol–water partition coefficient (Wildman–Crippen LogP) is -0.855. The van der Waals surface area contributed by atoms with Crippen LogP contribution in [-0.4, -0.2) is 41.4 Å². The van der Waals surface area contributed by atoms with Gasteiger partial charge in [0.2, 0.25) is 0 Å². The number of hydrogen-bond acceptors (Lipinski definition) is 3. The second-order valence-corrected chi connectivity index (χ2v) is 2.66. The van der Waals surface area contributed by atoms with E-state index in [2.05, 4.69) is 22.5 Å². The van der Waals surface area contributed by atoms with Crippen molar-refractivity contribution in [1.29, 1.82) is 0 Å². The van der Waals surface area contributed by atoms with Crippen LogP contribution in [0.25, 0.3) is 0 Å². The first-order valence-corrected chi connectivity index (χ1v) is 4.39. The predicted molar refractivity (Wildman–Crippen MR) is 53.1 cm³/mol. The van der Waals surface area contributed by atoms with Gasteiger partial charge in [-0.05, 0) is 6.92 Å². The molecule has 0 bridgehead atoms. The maximum atomic E-state index is 11.1. The normalized spacial score (nSPS) is 10.8. The average molecular weight is 214 g/mol. The molecule has 0 saturated carbocycles. The SMILES string of the molecule is CC#CCNC(=O)NC(CCO)C(=O)O. The zero-order valence-electron chi connectivity index (χ0n) is 8.41. The largest absolute Gasteiger partial charge is 0.480 e. The molecule has 6 nitrogen and oxygen atoms in total. The number of urea groups is 1. The Morgan fingerprint density at radius 3 is 2.60 bits per heavy atom. The quantitative estimate of drug-likeness (QED) is 0.448. The highest BCUT2D eigenvalue weighted by atomic mass is 16.4. The molecule has 0 aliphatic rings. The fourth-order valence-electron chi connectivity index (χ4n) is 0.809. The molecule has 0 aromatic rings. The van der Waals surface area contributed by atoms with Crippen molar-refractivity contribution in [2.24, 2.45) is 0 Å². The molecule has 0 fully saturated rings. The van der Waals surface area contributed by atoms with E-state index in [9.17, 15) is 9.59 Å². The lowest BCUT2D eigenvalue weighted by atomic mass is 10.2. The highest BCUT2D eigenvalue weighted by molar-refractivity contribution is 5.82. The first kappa shape index (κ1) is 13.3. The number of rotatable bonds is 5. The third kappa shape index (κ3) is 6.35. The molecule has 0 aromatic carbocycles. The third-order valence-electron chi connectivity index (χ3n) is 1.54. The number of aliphatic carboxylic acids is 1. The van der Waals surface area contributed by atoms with E-state index in [1.54, 1.807) is 6.92 Å². The highest BCUT2D eigenvalue weighted by Gasteiger charge is 2.18. The summed E-state index contributed by atoms with van der Waals surface area (Å²) in [5.41, 5.74) is 0. The van der Waals surface area contributed by atoms with Gasteiger partial charge < -0.3 is 20.8 Å². The van der Waals surface area contributed by atoms with Gasteiger partial charge >= 0.3 is 12.0 Å². The zero-order chi connectivity index (χ0) is 11.7. The van der Waals surface area contributed by atoms with Crippen LogP contribution in [0.1, 0.15) is 13.3 Å². The van der Waals surface area contributed by atoms with Gasteiger partial charge in [-0.1, -0.05) is 5.92 Å². The Labute approximate surface area is 87.7 Å². The molecule has 6 heteroatoms. The lowest BCUT2D eigenvalue weighted by Crippen LogP contribution is -2.46. The van der Waals surface area contributed by atoms with E-state index in [0.29, 0.717) is 0 Å². The van der Waals surface area contributed by atoms with Crippen LogP contribution in [0.5, 0.6) is 0 Å². The zero-order valence-corrected chi connectivity index (χ0v) is 8.41. The van der Waals surface area contributed by atoms with Crippen molar-refractivity contribution in [2.45, 2.75) is 19.4 Å². The summed E-state index contributed by atoms with van der Waals surface area (Å²) in [5.74, 6) is 3.99. The fourth-order valence-corrected chi connectivity index (χ4v) is 0.809. The topological polar surface area (TPSA) is 98.7 Å². The van der Waals surface area contributed by atoms with E-state index in [-0.39, 0.29) is 19.6 Å². The van der Waals surface area contributed by atoms with Gasteiger partial charge in [-0.2, -0.15) is 0 Å². The van der Waals surface area contributed by atoms with Gasteiger partial charge in [-0.3, -0.25) is 0 Å². The number of aliphatic hydroxyl groups is 1. The number of nitrogens with one attached hydrogen (secondary N) is 2. The monoisotopic (exact) mass is 214 g/mol. The second kappa shape index (κ2) is 7.64. The van der Waals surface area contributed by atoms with Crippen LogP contribution in [-0.2, 0) is 4.79 Å². The van der Waals surface area contributed by atoms with Crippen LogP contribution in [0.2, 0.25) is 0 Å². The summed E-state index contributed by atoms with van der Waals surface area (Å²) in [7, 11) is 0. The number of carbonyl (C=O) groups is 2. The molecule has 0 radical (unpaired) electrons. The van der Waals surface area contributed by atoms with E-state index < -0.39 is 18.0 Å². The van der Waals surface area contributed by atoms with E-state index in [1.807, 2.05) is 0 Å². The van der Waals surface area contributed by atoms with Crippen molar-refractivity contribution in [3.8, 4) is 11.8 Å². The molecule has 4 N–H and O–H groups in total. The summed E-state index contributed by atoms with van der Waals surface area (Å²) < 4.78 is 0. The number of amides is 2. The summed E-state index contributed by atoms with van der Waals surface area (Å²) in [6, 6.07) is -1.69. The van der Waals surface area contributed by atoms with Crippen LogP contribution in [0.15, 0.2) is 0 Å². The van der Waals surface area contributed by atoms with Crippen LogP contribution >= 0.6 is 0 Å². The summed E-state index contributed by atoms with van der Waals surface area (Å²) >= 11 is 0. The first-order valence-electron chi connectivity index (χ1n) is 4.39. The molecular formula is C9H14N2O4. The number of carboxylic acid groups (broad SMARTS) is 1. The van der Waals surface area contributed by atoms with E-state index in [4.69, 9.17) is 10.2 Å². The van der Waals surface area contributed by atoms with Crippen LogP contribution in [0, 0.1) is 11.8 Å². The molecule has 0 rings (SSSR count). The van der Waals surface area contributed by atoms with Crippen LogP contribution in [0.3, 0.4) is 0 Å². The number of hydrogen-bond donors (Lipinski definition) is 4. The molecule has 15 heavy (non-hydrogen) atoms. The van der Waals surface area contributed by atoms with Crippen molar-refractivity contribution in [3.63, 3.8) is 0 Å². The molecule has 84 valence electrons. The lowest BCUT2D eigenvalue weighted by molar-refractivity contribution is -0.139. The Balaban J connectivity index is 3.97.